The van der Waals surface area contributed by atoms with Crippen molar-refractivity contribution in [3.05, 3.63) is 29.8 Å². The molecule has 160 valence electrons. The summed E-state index contributed by atoms with van der Waals surface area (Å²) in [5, 5.41) is 6.23. The molecule has 1 saturated heterocycles. The summed E-state index contributed by atoms with van der Waals surface area (Å²) in [6.07, 6.45) is 5.89. The zero-order valence-corrected chi connectivity index (χ0v) is 17.7. The highest BCUT2D eigenvalue weighted by atomic mass is 16.5. The summed E-state index contributed by atoms with van der Waals surface area (Å²) in [6.45, 7) is 5.06. The lowest BCUT2D eigenvalue weighted by Crippen LogP contribution is -2.55. The Labute approximate surface area is 173 Å². The van der Waals surface area contributed by atoms with Crippen molar-refractivity contribution in [3.8, 4) is 5.75 Å². The highest BCUT2D eigenvalue weighted by Gasteiger charge is 2.25. The van der Waals surface area contributed by atoms with Crippen LogP contribution in [0.2, 0.25) is 0 Å². The number of methoxy groups -OCH3 is 1. The van der Waals surface area contributed by atoms with Gasteiger partial charge in [-0.15, -0.1) is 0 Å². The minimum Gasteiger partial charge on any atom is -0.496 e. The standard InChI is InChI=1S/C22H34N4O3/c1-17(19-10-6-7-11-20(19)29-2)23-21(27)16-25-12-14-26(15-13-25)22(28)24-18-8-4-3-5-9-18/h6-7,10-11,17-18H,3-5,8-9,12-16H2,1-2H3,(H,23,27)(H,24,28). The van der Waals surface area contributed by atoms with Gasteiger partial charge in [0.05, 0.1) is 19.7 Å². The van der Waals surface area contributed by atoms with E-state index in [4.69, 9.17) is 4.74 Å². The van der Waals surface area contributed by atoms with Gasteiger partial charge < -0.3 is 20.3 Å². The molecular formula is C22H34N4O3. The van der Waals surface area contributed by atoms with Crippen LogP contribution >= 0.6 is 0 Å². The molecule has 3 rings (SSSR count). The van der Waals surface area contributed by atoms with E-state index < -0.39 is 0 Å². The second-order valence-electron chi connectivity index (χ2n) is 8.08. The normalized spacial score (nSPS) is 19.4. The predicted molar refractivity (Wildman–Crippen MR) is 113 cm³/mol. The van der Waals surface area contributed by atoms with E-state index in [1.54, 1.807) is 7.11 Å². The summed E-state index contributed by atoms with van der Waals surface area (Å²) in [7, 11) is 1.64. The van der Waals surface area contributed by atoms with E-state index in [9.17, 15) is 9.59 Å². The molecule has 2 fully saturated rings. The van der Waals surface area contributed by atoms with Gasteiger partial charge in [0, 0.05) is 37.8 Å². The highest BCUT2D eigenvalue weighted by molar-refractivity contribution is 5.79. The third-order valence-corrected chi connectivity index (χ3v) is 5.94. The number of hydrogen-bond donors (Lipinski definition) is 2. The first-order chi connectivity index (χ1) is 14.1. The number of rotatable bonds is 6. The van der Waals surface area contributed by atoms with Crippen LogP contribution in [0.15, 0.2) is 24.3 Å². The number of ether oxygens (including phenoxy) is 1. The minimum atomic E-state index is -0.124. The van der Waals surface area contributed by atoms with Gasteiger partial charge in [0.25, 0.3) is 0 Å². The maximum Gasteiger partial charge on any atom is 0.317 e. The molecule has 0 radical (unpaired) electrons. The van der Waals surface area contributed by atoms with E-state index in [1.165, 1.54) is 19.3 Å². The molecule has 1 unspecified atom stereocenters. The average molecular weight is 403 g/mol. The Morgan fingerprint density at radius 1 is 1.10 bits per heavy atom. The number of urea groups is 1. The second kappa shape index (κ2) is 10.5. The maximum absolute atomic E-state index is 12.5. The molecule has 2 aliphatic rings. The Hall–Kier alpha value is -2.28. The number of carbonyl (C=O) groups is 2. The number of para-hydroxylation sites is 1. The Kier molecular flexibility index (Phi) is 7.75. The van der Waals surface area contributed by atoms with Crippen LogP contribution in [0.4, 0.5) is 4.79 Å². The zero-order chi connectivity index (χ0) is 20.6. The number of amides is 3. The topological polar surface area (TPSA) is 73.9 Å². The Morgan fingerprint density at radius 2 is 1.79 bits per heavy atom. The van der Waals surface area contributed by atoms with Crippen molar-refractivity contribution in [1.29, 1.82) is 0 Å². The van der Waals surface area contributed by atoms with Crippen LogP contribution in [0.5, 0.6) is 5.75 Å². The molecule has 1 aromatic rings. The fourth-order valence-corrected chi connectivity index (χ4v) is 4.21. The molecule has 2 N–H and O–H groups in total. The fraction of sp³-hybridized carbons (Fsp3) is 0.636. The quantitative estimate of drug-likeness (QED) is 0.767. The van der Waals surface area contributed by atoms with Gasteiger partial charge >= 0.3 is 6.03 Å². The van der Waals surface area contributed by atoms with E-state index >= 15 is 0 Å². The van der Waals surface area contributed by atoms with Crippen molar-refractivity contribution >= 4 is 11.9 Å². The summed E-state index contributed by atoms with van der Waals surface area (Å²) >= 11 is 0. The van der Waals surface area contributed by atoms with Gasteiger partial charge in [-0.25, -0.2) is 4.79 Å². The largest absolute Gasteiger partial charge is 0.496 e. The first-order valence-corrected chi connectivity index (χ1v) is 10.8. The first-order valence-electron chi connectivity index (χ1n) is 10.8. The van der Waals surface area contributed by atoms with Crippen LogP contribution in [-0.4, -0.2) is 67.6 Å². The van der Waals surface area contributed by atoms with Crippen LogP contribution in [0.3, 0.4) is 0 Å². The van der Waals surface area contributed by atoms with Crippen molar-refractivity contribution in [2.75, 3.05) is 39.8 Å². The van der Waals surface area contributed by atoms with E-state index in [0.717, 1.165) is 24.2 Å². The van der Waals surface area contributed by atoms with Crippen LogP contribution < -0.4 is 15.4 Å². The first kappa shape index (κ1) is 21.4. The van der Waals surface area contributed by atoms with Crippen molar-refractivity contribution in [2.24, 2.45) is 0 Å². The van der Waals surface area contributed by atoms with E-state index in [1.807, 2.05) is 36.1 Å². The lowest BCUT2D eigenvalue weighted by Gasteiger charge is -2.35. The second-order valence-corrected chi connectivity index (χ2v) is 8.08. The Balaban J connectivity index is 1.40. The molecule has 7 nitrogen and oxygen atoms in total. The molecule has 29 heavy (non-hydrogen) atoms. The third kappa shape index (κ3) is 6.10. The molecule has 3 amide bonds. The SMILES string of the molecule is COc1ccccc1C(C)NC(=O)CN1CCN(C(=O)NC2CCCCC2)CC1. The van der Waals surface area contributed by atoms with Gasteiger partial charge in [0.2, 0.25) is 5.91 Å². The van der Waals surface area contributed by atoms with Gasteiger partial charge in [0.1, 0.15) is 5.75 Å². The van der Waals surface area contributed by atoms with Crippen molar-refractivity contribution in [2.45, 2.75) is 51.1 Å². The third-order valence-electron chi connectivity index (χ3n) is 5.94. The number of nitrogens with zero attached hydrogens (tertiary/aromatic N) is 2. The molecule has 0 aromatic heterocycles. The van der Waals surface area contributed by atoms with Crippen LogP contribution in [0.1, 0.15) is 50.6 Å². The monoisotopic (exact) mass is 402 g/mol. The fourth-order valence-electron chi connectivity index (χ4n) is 4.21. The molecule has 1 atom stereocenters. The smallest absolute Gasteiger partial charge is 0.317 e. The van der Waals surface area contributed by atoms with Crippen molar-refractivity contribution < 1.29 is 14.3 Å². The van der Waals surface area contributed by atoms with Crippen LogP contribution in [0.25, 0.3) is 0 Å². The molecular weight excluding hydrogens is 368 g/mol. The minimum absolute atomic E-state index is 0.0106. The van der Waals surface area contributed by atoms with Gasteiger partial charge in [-0.2, -0.15) is 0 Å². The van der Waals surface area contributed by atoms with Crippen LogP contribution in [0, 0.1) is 0 Å². The molecule has 0 spiro atoms. The Morgan fingerprint density at radius 3 is 2.48 bits per heavy atom. The van der Waals surface area contributed by atoms with Gasteiger partial charge in [-0.3, -0.25) is 9.69 Å². The molecule has 1 aliphatic carbocycles. The number of carbonyl (C=O) groups excluding carboxylic acids is 2. The Bertz CT molecular complexity index is 682. The maximum atomic E-state index is 12.5. The number of nitrogens with one attached hydrogen (secondary N) is 2. The van der Waals surface area contributed by atoms with E-state index in [0.29, 0.717) is 38.8 Å². The average Bonchev–Trinajstić information content (AvgIpc) is 2.74. The molecule has 1 heterocycles. The molecule has 1 saturated carbocycles. The van der Waals surface area contributed by atoms with Gasteiger partial charge in [-0.05, 0) is 25.8 Å². The van der Waals surface area contributed by atoms with Gasteiger partial charge in [0.15, 0.2) is 0 Å². The summed E-state index contributed by atoms with van der Waals surface area (Å²) < 4.78 is 5.38. The summed E-state index contributed by atoms with van der Waals surface area (Å²) in [6, 6.07) is 7.98. The zero-order valence-electron chi connectivity index (χ0n) is 17.7. The van der Waals surface area contributed by atoms with E-state index in [-0.39, 0.29) is 18.0 Å². The lowest BCUT2D eigenvalue weighted by atomic mass is 9.96. The van der Waals surface area contributed by atoms with Crippen molar-refractivity contribution in [3.63, 3.8) is 0 Å². The molecule has 0 bridgehead atoms. The molecule has 7 heteroatoms. The lowest BCUT2D eigenvalue weighted by molar-refractivity contribution is -0.123. The van der Waals surface area contributed by atoms with E-state index in [2.05, 4.69) is 15.5 Å². The number of hydrogen-bond acceptors (Lipinski definition) is 4. The number of benzene rings is 1. The summed E-state index contributed by atoms with van der Waals surface area (Å²) in [5.41, 5.74) is 0.965. The molecule has 1 aliphatic heterocycles. The summed E-state index contributed by atoms with van der Waals surface area (Å²) in [5.74, 6) is 0.765. The number of piperazine rings is 1. The van der Waals surface area contributed by atoms with Gasteiger partial charge in [-0.1, -0.05) is 37.5 Å². The van der Waals surface area contributed by atoms with Crippen molar-refractivity contribution in [1.82, 2.24) is 20.4 Å². The predicted octanol–water partition coefficient (Wildman–Crippen LogP) is 2.53. The highest BCUT2D eigenvalue weighted by Crippen LogP contribution is 2.24. The van der Waals surface area contributed by atoms with Crippen LogP contribution in [-0.2, 0) is 4.79 Å². The molecule has 1 aromatic carbocycles. The summed E-state index contributed by atoms with van der Waals surface area (Å²) in [4.78, 5) is 28.9.